The summed E-state index contributed by atoms with van der Waals surface area (Å²) < 4.78 is 49.5. The van der Waals surface area contributed by atoms with E-state index in [9.17, 15) is 18.0 Å². The van der Waals surface area contributed by atoms with Crippen LogP contribution in [0.15, 0.2) is 47.1 Å². The van der Waals surface area contributed by atoms with Crippen LogP contribution in [0, 0.1) is 0 Å². The molecule has 0 fully saturated rings. The lowest BCUT2D eigenvalue weighted by atomic mass is 10.1. The maximum atomic E-state index is 13.0. The molecular formula is C19H16F3N3O3. The van der Waals surface area contributed by atoms with E-state index >= 15 is 0 Å². The van der Waals surface area contributed by atoms with Crippen molar-refractivity contribution in [1.82, 2.24) is 15.3 Å². The van der Waals surface area contributed by atoms with Crippen molar-refractivity contribution in [3.8, 4) is 17.2 Å². The summed E-state index contributed by atoms with van der Waals surface area (Å²) in [6.45, 7) is 2.17. The summed E-state index contributed by atoms with van der Waals surface area (Å²) >= 11 is 0. The molecule has 1 aromatic carbocycles. The smallest absolute Gasteiger partial charge is 0.433 e. The Morgan fingerprint density at radius 2 is 2.04 bits per heavy atom. The van der Waals surface area contributed by atoms with Crippen molar-refractivity contribution < 1.29 is 27.1 Å². The second kappa shape index (κ2) is 7.71. The van der Waals surface area contributed by atoms with Crippen LogP contribution in [0.1, 0.15) is 23.1 Å². The molecule has 3 rings (SSSR count). The van der Waals surface area contributed by atoms with Crippen LogP contribution in [0.4, 0.5) is 13.2 Å². The number of amides is 1. The minimum atomic E-state index is -4.59. The molecule has 0 aliphatic rings. The highest BCUT2D eigenvalue weighted by Gasteiger charge is 2.33. The average molecular weight is 391 g/mol. The summed E-state index contributed by atoms with van der Waals surface area (Å²) in [4.78, 5) is 19.9. The van der Waals surface area contributed by atoms with E-state index in [1.54, 1.807) is 18.2 Å². The van der Waals surface area contributed by atoms with Gasteiger partial charge in [0.15, 0.2) is 5.69 Å². The molecule has 0 aliphatic heterocycles. The summed E-state index contributed by atoms with van der Waals surface area (Å²) in [7, 11) is 1.34. The number of ether oxygens (including phenoxy) is 1. The average Bonchev–Trinajstić information content (AvgIpc) is 3.16. The first-order valence-corrected chi connectivity index (χ1v) is 8.25. The van der Waals surface area contributed by atoms with Crippen molar-refractivity contribution >= 4 is 16.8 Å². The number of aromatic nitrogens is 2. The maximum Gasteiger partial charge on any atom is 0.433 e. The highest BCUT2D eigenvalue weighted by atomic mass is 19.4. The van der Waals surface area contributed by atoms with Gasteiger partial charge in [-0.25, -0.2) is 9.97 Å². The number of rotatable bonds is 5. The number of oxazole rings is 1. The maximum absolute atomic E-state index is 13.0. The van der Waals surface area contributed by atoms with Crippen LogP contribution in [0.5, 0.6) is 5.75 Å². The SMILES string of the molecule is C/C=C/CNC(=O)c1coc(-c2ccc(OC)c3nc(C(F)(F)F)ccc23)n1. The number of halogens is 3. The Hall–Kier alpha value is -3.36. The number of methoxy groups -OCH3 is 1. The number of carbonyl (C=O) groups is 1. The van der Waals surface area contributed by atoms with Crippen LogP contribution in [-0.4, -0.2) is 29.5 Å². The van der Waals surface area contributed by atoms with Gasteiger partial charge in [-0.3, -0.25) is 4.79 Å². The molecule has 1 amide bonds. The Kier molecular flexibility index (Phi) is 5.34. The molecule has 0 bridgehead atoms. The normalized spacial score (nSPS) is 11.9. The van der Waals surface area contributed by atoms with Gasteiger partial charge in [0, 0.05) is 17.5 Å². The molecule has 146 valence electrons. The second-order valence-corrected chi connectivity index (χ2v) is 5.72. The van der Waals surface area contributed by atoms with Crippen molar-refractivity contribution in [2.45, 2.75) is 13.1 Å². The quantitative estimate of drug-likeness (QED) is 0.659. The monoisotopic (exact) mass is 391 g/mol. The Balaban J connectivity index is 2.03. The van der Waals surface area contributed by atoms with Crippen LogP contribution < -0.4 is 10.1 Å². The fourth-order valence-electron chi connectivity index (χ4n) is 2.56. The second-order valence-electron chi connectivity index (χ2n) is 5.72. The molecule has 6 nitrogen and oxygen atoms in total. The summed E-state index contributed by atoms with van der Waals surface area (Å²) in [5.41, 5.74) is -0.563. The minimum Gasteiger partial charge on any atom is -0.494 e. The molecule has 3 aromatic rings. The van der Waals surface area contributed by atoms with Crippen molar-refractivity contribution in [2.24, 2.45) is 0 Å². The molecule has 0 aliphatic carbocycles. The number of alkyl halides is 3. The zero-order valence-corrected chi connectivity index (χ0v) is 15.0. The lowest BCUT2D eigenvalue weighted by Crippen LogP contribution is -2.23. The van der Waals surface area contributed by atoms with E-state index in [4.69, 9.17) is 9.15 Å². The van der Waals surface area contributed by atoms with Crippen molar-refractivity contribution in [3.63, 3.8) is 0 Å². The molecule has 0 saturated heterocycles. The van der Waals surface area contributed by atoms with Gasteiger partial charge in [0.1, 0.15) is 23.2 Å². The predicted octanol–water partition coefficient (Wildman–Crippen LogP) is 4.22. The molecule has 0 atom stereocenters. The third kappa shape index (κ3) is 3.83. The van der Waals surface area contributed by atoms with Crippen molar-refractivity contribution in [1.29, 1.82) is 0 Å². The van der Waals surface area contributed by atoms with Gasteiger partial charge in [0.2, 0.25) is 5.89 Å². The van der Waals surface area contributed by atoms with Gasteiger partial charge in [0.05, 0.1) is 7.11 Å². The van der Waals surface area contributed by atoms with Gasteiger partial charge < -0.3 is 14.5 Å². The van der Waals surface area contributed by atoms with Gasteiger partial charge in [-0.1, -0.05) is 12.2 Å². The van der Waals surface area contributed by atoms with Crippen LogP contribution in [-0.2, 0) is 6.18 Å². The van der Waals surface area contributed by atoms with E-state index in [-0.39, 0.29) is 22.9 Å². The highest BCUT2D eigenvalue weighted by molar-refractivity contribution is 5.97. The molecule has 0 spiro atoms. The fourth-order valence-corrected chi connectivity index (χ4v) is 2.56. The summed E-state index contributed by atoms with van der Waals surface area (Å²) in [6.07, 6.45) is 0.157. The van der Waals surface area contributed by atoms with Crippen molar-refractivity contribution in [2.75, 3.05) is 13.7 Å². The molecule has 2 heterocycles. The Bertz CT molecular complexity index is 1040. The van der Waals surface area contributed by atoms with Crippen LogP contribution >= 0.6 is 0 Å². The van der Waals surface area contributed by atoms with E-state index in [1.165, 1.54) is 25.5 Å². The highest BCUT2D eigenvalue weighted by Crippen LogP contribution is 2.36. The third-order valence-corrected chi connectivity index (χ3v) is 3.91. The number of nitrogens with one attached hydrogen (secondary N) is 1. The molecule has 1 N–H and O–H groups in total. The summed E-state index contributed by atoms with van der Waals surface area (Å²) in [5.74, 6) is -0.158. The lowest BCUT2D eigenvalue weighted by Gasteiger charge is -2.11. The molecule has 0 unspecified atom stereocenters. The number of pyridine rings is 1. The molecule has 0 saturated carbocycles. The molecule has 0 radical (unpaired) electrons. The van der Waals surface area contributed by atoms with Gasteiger partial charge in [0.25, 0.3) is 5.91 Å². The number of fused-ring (bicyclic) bond motifs is 1. The zero-order chi connectivity index (χ0) is 20.3. The van der Waals surface area contributed by atoms with Crippen molar-refractivity contribution in [3.05, 3.63) is 54.1 Å². The number of benzene rings is 1. The summed E-state index contributed by atoms with van der Waals surface area (Å²) in [6, 6.07) is 5.21. The van der Waals surface area contributed by atoms with Crippen LogP contribution in [0.3, 0.4) is 0 Å². The first kappa shape index (κ1) is 19.4. The zero-order valence-electron chi connectivity index (χ0n) is 15.0. The van der Waals surface area contributed by atoms with Gasteiger partial charge in [-0.2, -0.15) is 13.2 Å². The Morgan fingerprint density at radius 1 is 1.25 bits per heavy atom. The van der Waals surface area contributed by atoms with Crippen LogP contribution in [0.2, 0.25) is 0 Å². The molecular weight excluding hydrogens is 375 g/mol. The van der Waals surface area contributed by atoms with E-state index in [0.717, 1.165) is 6.07 Å². The van der Waals surface area contributed by atoms with E-state index in [0.29, 0.717) is 17.5 Å². The van der Waals surface area contributed by atoms with E-state index in [1.807, 2.05) is 6.92 Å². The molecule has 2 aromatic heterocycles. The molecule has 9 heteroatoms. The number of nitrogens with zero attached hydrogens (tertiary/aromatic N) is 2. The fraction of sp³-hybridized carbons (Fsp3) is 0.211. The number of carbonyl (C=O) groups excluding carboxylic acids is 1. The first-order valence-electron chi connectivity index (χ1n) is 8.25. The van der Waals surface area contributed by atoms with Gasteiger partial charge in [-0.05, 0) is 31.2 Å². The predicted molar refractivity (Wildman–Crippen MR) is 95.9 cm³/mol. The third-order valence-electron chi connectivity index (χ3n) is 3.91. The summed E-state index contributed by atoms with van der Waals surface area (Å²) in [5, 5.41) is 3.00. The van der Waals surface area contributed by atoms with Crippen LogP contribution in [0.25, 0.3) is 22.4 Å². The topological polar surface area (TPSA) is 77.2 Å². The van der Waals surface area contributed by atoms with E-state index in [2.05, 4.69) is 15.3 Å². The number of hydrogen-bond acceptors (Lipinski definition) is 5. The largest absolute Gasteiger partial charge is 0.494 e. The first-order chi connectivity index (χ1) is 13.3. The molecule has 28 heavy (non-hydrogen) atoms. The van der Waals surface area contributed by atoms with Gasteiger partial charge >= 0.3 is 6.18 Å². The number of allylic oxidation sites excluding steroid dienone is 1. The van der Waals surface area contributed by atoms with Gasteiger partial charge in [-0.15, -0.1) is 0 Å². The lowest BCUT2D eigenvalue weighted by molar-refractivity contribution is -0.140. The Morgan fingerprint density at radius 3 is 2.71 bits per heavy atom. The standard InChI is InChI=1S/C19H16F3N3O3/c1-3-4-9-23-17(26)13-10-28-18(24-13)12-5-7-14(27-2)16-11(12)6-8-15(25-16)19(20,21)22/h3-8,10H,9H2,1-2H3,(H,23,26)/b4-3+. The number of hydrogen-bond donors (Lipinski definition) is 1. The Labute approximate surface area is 158 Å². The minimum absolute atomic E-state index is 0.0205. The van der Waals surface area contributed by atoms with E-state index < -0.39 is 17.8 Å².